The lowest BCUT2D eigenvalue weighted by molar-refractivity contribution is -0.142. The van der Waals surface area contributed by atoms with Gasteiger partial charge in [-0.15, -0.1) is 0 Å². The average molecular weight is 437 g/mol. The van der Waals surface area contributed by atoms with Gasteiger partial charge in [0.2, 0.25) is 0 Å². The molecule has 0 aliphatic carbocycles. The summed E-state index contributed by atoms with van der Waals surface area (Å²) in [5.74, 6) is 0.138. The van der Waals surface area contributed by atoms with Crippen molar-refractivity contribution in [2.24, 2.45) is 0 Å². The Kier molecular flexibility index (Phi) is 6.98. The van der Waals surface area contributed by atoms with Gasteiger partial charge in [-0.1, -0.05) is 12.1 Å². The quantitative estimate of drug-likeness (QED) is 0.541. The maximum Gasteiger partial charge on any atom is 0.310 e. The van der Waals surface area contributed by atoms with E-state index in [0.717, 1.165) is 27.8 Å². The van der Waals surface area contributed by atoms with E-state index in [4.69, 9.17) is 14.2 Å². The van der Waals surface area contributed by atoms with Crippen molar-refractivity contribution < 1.29 is 28.6 Å². The Bertz CT molecular complexity index is 1120. The predicted octanol–water partition coefficient (Wildman–Crippen LogP) is 4.06. The molecule has 2 aromatic carbocycles. The molecule has 1 heterocycles. The van der Waals surface area contributed by atoms with E-state index in [1.165, 1.54) is 6.92 Å². The van der Waals surface area contributed by atoms with Crippen molar-refractivity contribution >= 4 is 29.6 Å². The molecule has 3 rings (SSSR count). The maximum absolute atomic E-state index is 12.9. The van der Waals surface area contributed by atoms with Crippen LogP contribution in [0.2, 0.25) is 0 Å². The van der Waals surface area contributed by atoms with Crippen LogP contribution in [0.5, 0.6) is 11.5 Å². The highest BCUT2D eigenvalue weighted by Gasteiger charge is 2.25. The first kappa shape index (κ1) is 23.1. The Balaban J connectivity index is 1.85. The van der Waals surface area contributed by atoms with Crippen molar-refractivity contribution in [2.45, 2.75) is 41.0 Å². The molecule has 1 amide bonds. The van der Waals surface area contributed by atoms with E-state index in [1.807, 2.05) is 20.8 Å². The van der Waals surface area contributed by atoms with Crippen LogP contribution >= 0.6 is 0 Å². The van der Waals surface area contributed by atoms with Crippen molar-refractivity contribution in [3.8, 4) is 11.5 Å². The van der Waals surface area contributed by atoms with Crippen molar-refractivity contribution in [3.05, 3.63) is 57.7 Å². The van der Waals surface area contributed by atoms with Gasteiger partial charge in [0.05, 0.1) is 18.6 Å². The minimum absolute atomic E-state index is 0.119. The second-order valence-corrected chi connectivity index (χ2v) is 7.64. The van der Waals surface area contributed by atoms with Crippen LogP contribution in [0.3, 0.4) is 0 Å². The standard InChI is InChI=1S/C25H27NO6/c1-6-30-22(28)11-18-8-7-9-20(10-18)26-25(29)19-12-21-16(4)23(32-17(5)27)14(2)15(3)24(21)31-13-19/h7-10,12H,6,11,13H2,1-5H3,(H,26,29). The monoisotopic (exact) mass is 437 g/mol. The minimum atomic E-state index is -0.406. The van der Waals surface area contributed by atoms with E-state index in [-0.39, 0.29) is 24.9 Å². The summed E-state index contributed by atoms with van der Waals surface area (Å²) in [6.07, 6.45) is 1.90. The first-order valence-corrected chi connectivity index (χ1v) is 10.4. The summed E-state index contributed by atoms with van der Waals surface area (Å²) >= 11 is 0. The molecule has 0 saturated heterocycles. The molecule has 0 atom stereocenters. The fourth-order valence-electron chi connectivity index (χ4n) is 3.62. The molecule has 7 nitrogen and oxygen atoms in total. The zero-order chi connectivity index (χ0) is 23.4. The molecule has 0 saturated carbocycles. The zero-order valence-electron chi connectivity index (χ0n) is 19.0. The number of rotatable bonds is 6. The number of anilines is 1. The Morgan fingerprint density at radius 2 is 1.84 bits per heavy atom. The number of carbonyl (C=O) groups excluding carboxylic acids is 3. The molecule has 32 heavy (non-hydrogen) atoms. The number of amides is 1. The molecule has 0 aromatic heterocycles. The lowest BCUT2D eigenvalue weighted by atomic mass is 9.94. The van der Waals surface area contributed by atoms with Gasteiger partial charge in [-0.2, -0.15) is 0 Å². The molecule has 168 valence electrons. The molecule has 0 fully saturated rings. The van der Waals surface area contributed by atoms with Crippen molar-refractivity contribution in [1.82, 2.24) is 0 Å². The van der Waals surface area contributed by atoms with E-state index < -0.39 is 5.97 Å². The zero-order valence-corrected chi connectivity index (χ0v) is 19.0. The third-order valence-electron chi connectivity index (χ3n) is 5.30. The van der Waals surface area contributed by atoms with Gasteiger partial charge in [0, 0.05) is 23.7 Å². The van der Waals surface area contributed by atoms with Gasteiger partial charge in [0.25, 0.3) is 5.91 Å². The molecule has 1 aliphatic rings. The van der Waals surface area contributed by atoms with E-state index in [2.05, 4.69) is 5.32 Å². The summed E-state index contributed by atoms with van der Waals surface area (Å²) in [6, 6.07) is 7.07. The van der Waals surface area contributed by atoms with Crippen LogP contribution in [0.4, 0.5) is 5.69 Å². The summed E-state index contributed by atoms with van der Waals surface area (Å²) in [7, 11) is 0. The molecule has 7 heteroatoms. The van der Waals surface area contributed by atoms with Crippen LogP contribution in [0.25, 0.3) is 6.08 Å². The van der Waals surface area contributed by atoms with Gasteiger partial charge in [-0.05, 0) is 62.6 Å². The molecule has 0 radical (unpaired) electrons. The molecule has 0 bridgehead atoms. The number of esters is 2. The van der Waals surface area contributed by atoms with Crippen LogP contribution in [-0.4, -0.2) is 31.1 Å². The number of fused-ring (bicyclic) bond motifs is 1. The number of nitrogens with one attached hydrogen (secondary N) is 1. The van der Waals surface area contributed by atoms with Gasteiger partial charge in [0.15, 0.2) is 0 Å². The van der Waals surface area contributed by atoms with Crippen LogP contribution in [0, 0.1) is 20.8 Å². The predicted molar refractivity (Wildman–Crippen MR) is 121 cm³/mol. The van der Waals surface area contributed by atoms with Crippen molar-refractivity contribution in [2.75, 3.05) is 18.5 Å². The SMILES string of the molecule is CCOC(=O)Cc1cccc(NC(=O)C2=Cc3c(C)c(OC(C)=O)c(C)c(C)c3OC2)c1. The Morgan fingerprint density at radius 1 is 1.09 bits per heavy atom. The summed E-state index contributed by atoms with van der Waals surface area (Å²) in [5.41, 5.74) is 4.90. The summed E-state index contributed by atoms with van der Waals surface area (Å²) in [6.45, 7) is 9.16. The van der Waals surface area contributed by atoms with E-state index >= 15 is 0 Å². The first-order chi connectivity index (χ1) is 15.2. The number of hydrogen-bond donors (Lipinski definition) is 1. The van der Waals surface area contributed by atoms with Crippen LogP contribution < -0.4 is 14.8 Å². The van der Waals surface area contributed by atoms with Gasteiger partial charge >= 0.3 is 11.9 Å². The molecule has 0 unspecified atom stereocenters. The normalized spacial score (nSPS) is 12.2. The molecular weight excluding hydrogens is 410 g/mol. The lowest BCUT2D eigenvalue weighted by Gasteiger charge is -2.24. The highest BCUT2D eigenvalue weighted by Crippen LogP contribution is 2.41. The second-order valence-electron chi connectivity index (χ2n) is 7.64. The van der Waals surface area contributed by atoms with Crippen molar-refractivity contribution in [1.29, 1.82) is 0 Å². The van der Waals surface area contributed by atoms with Crippen LogP contribution in [0.1, 0.15) is 41.7 Å². The fraction of sp³-hybridized carbons (Fsp3) is 0.320. The molecule has 1 N–H and O–H groups in total. The summed E-state index contributed by atoms with van der Waals surface area (Å²) in [4.78, 5) is 36.2. The lowest BCUT2D eigenvalue weighted by Crippen LogP contribution is -2.22. The topological polar surface area (TPSA) is 90.9 Å². The highest BCUT2D eigenvalue weighted by molar-refractivity contribution is 6.08. The number of hydrogen-bond acceptors (Lipinski definition) is 6. The Morgan fingerprint density at radius 3 is 2.53 bits per heavy atom. The third-order valence-corrected chi connectivity index (χ3v) is 5.30. The molecule has 1 aliphatic heterocycles. The Labute approximate surface area is 187 Å². The van der Waals surface area contributed by atoms with E-state index in [0.29, 0.717) is 29.4 Å². The summed E-state index contributed by atoms with van der Waals surface area (Å²) < 4.78 is 16.3. The number of ether oxygens (including phenoxy) is 3. The first-order valence-electron chi connectivity index (χ1n) is 10.4. The number of carbonyl (C=O) groups is 3. The van der Waals surface area contributed by atoms with Gasteiger partial charge < -0.3 is 19.5 Å². The van der Waals surface area contributed by atoms with Crippen LogP contribution in [0.15, 0.2) is 29.8 Å². The molecule has 0 spiro atoms. The fourth-order valence-corrected chi connectivity index (χ4v) is 3.62. The summed E-state index contributed by atoms with van der Waals surface area (Å²) in [5, 5.41) is 2.86. The smallest absolute Gasteiger partial charge is 0.310 e. The van der Waals surface area contributed by atoms with E-state index in [1.54, 1.807) is 37.3 Å². The van der Waals surface area contributed by atoms with Gasteiger partial charge in [-0.25, -0.2) is 0 Å². The van der Waals surface area contributed by atoms with Crippen LogP contribution in [-0.2, 0) is 25.5 Å². The minimum Gasteiger partial charge on any atom is -0.488 e. The average Bonchev–Trinajstić information content (AvgIpc) is 2.75. The highest BCUT2D eigenvalue weighted by atomic mass is 16.5. The molecule has 2 aromatic rings. The number of benzene rings is 2. The van der Waals surface area contributed by atoms with Gasteiger partial charge in [-0.3, -0.25) is 14.4 Å². The van der Waals surface area contributed by atoms with Gasteiger partial charge in [0.1, 0.15) is 18.1 Å². The Hall–Kier alpha value is -3.61. The maximum atomic E-state index is 12.9. The van der Waals surface area contributed by atoms with E-state index in [9.17, 15) is 14.4 Å². The largest absolute Gasteiger partial charge is 0.488 e. The second kappa shape index (κ2) is 9.68. The molecular formula is C25H27NO6. The third kappa shape index (κ3) is 4.99. The van der Waals surface area contributed by atoms with Crippen molar-refractivity contribution in [3.63, 3.8) is 0 Å².